The first-order valence-corrected chi connectivity index (χ1v) is 15.1. The quantitative estimate of drug-likeness (QED) is 0.0746. The second kappa shape index (κ2) is 18.2. The molecule has 0 saturated heterocycles. The number of benzene rings is 1. The molecule has 1 aliphatic heterocycles. The van der Waals surface area contributed by atoms with Crippen LogP contribution in [0.3, 0.4) is 0 Å². The van der Waals surface area contributed by atoms with Gasteiger partial charge in [0.15, 0.2) is 0 Å². The highest BCUT2D eigenvalue weighted by molar-refractivity contribution is 6.12. The average Bonchev–Trinajstić information content (AvgIpc) is 3.32. The molecule has 1 aromatic rings. The van der Waals surface area contributed by atoms with E-state index in [9.17, 15) is 38.7 Å². The van der Waals surface area contributed by atoms with Gasteiger partial charge in [0.2, 0.25) is 17.7 Å². The summed E-state index contributed by atoms with van der Waals surface area (Å²) in [5.74, 6) is -2.95. The lowest BCUT2D eigenvalue weighted by molar-refractivity contribution is -0.154. The maximum Gasteiger partial charge on any atom is 0.312 e. The summed E-state index contributed by atoms with van der Waals surface area (Å²) >= 11 is 0. The molecule has 0 aliphatic carbocycles. The molecule has 7 amide bonds. The third-order valence-electron chi connectivity index (χ3n) is 6.83. The van der Waals surface area contributed by atoms with Crippen LogP contribution in [0.1, 0.15) is 64.9 Å². The van der Waals surface area contributed by atoms with Crippen LogP contribution >= 0.6 is 0 Å². The Morgan fingerprint density at radius 3 is 2.13 bits per heavy atom. The van der Waals surface area contributed by atoms with Crippen molar-refractivity contribution in [2.75, 3.05) is 25.0 Å². The molecular weight excluding hydrogens is 600 g/mol. The number of aliphatic hydroxyl groups excluding tert-OH is 1. The van der Waals surface area contributed by atoms with Crippen molar-refractivity contribution in [2.45, 2.75) is 78.0 Å². The van der Waals surface area contributed by atoms with E-state index in [0.717, 1.165) is 4.90 Å². The number of urea groups is 1. The Labute approximate surface area is 267 Å². The van der Waals surface area contributed by atoms with Crippen molar-refractivity contribution in [3.8, 4) is 0 Å². The minimum atomic E-state index is -1.33. The van der Waals surface area contributed by atoms with E-state index in [0.29, 0.717) is 30.5 Å². The van der Waals surface area contributed by atoms with Gasteiger partial charge in [0.1, 0.15) is 18.7 Å². The van der Waals surface area contributed by atoms with Crippen LogP contribution in [-0.2, 0) is 40.1 Å². The van der Waals surface area contributed by atoms with E-state index in [1.54, 1.807) is 45.0 Å². The van der Waals surface area contributed by atoms with Crippen molar-refractivity contribution in [3.63, 3.8) is 0 Å². The lowest BCUT2D eigenvalue weighted by atomic mass is 9.97. The van der Waals surface area contributed by atoms with Crippen LogP contribution in [0.4, 0.5) is 10.5 Å². The van der Waals surface area contributed by atoms with Crippen LogP contribution in [0.2, 0.25) is 0 Å². The Morgan fingerprint density at radius 1 is 0.891 bits per heavy atom. The topological polar surface area (TPSA) is 226 Å². The number of hydrogen-bond acceptors (Lipinski definition) is 9. The molecule has 0 radical (unpaired) electrons. The number of nitrogens with one attached hydrogen (secondary N) is 4. The van der Waals surface area contributed by atoms with Crippen LogP contribution < -0.4 is 27.0 Å². The van der Waals surface area contributed by atoms with Crippen LogP contribution in [0.15, 0.2) is 36.4 Å². The summed E-state index contributed by atoms with van der Waals surface area (Å²) in [5, 5.41) is 19.9. The highest BCUT2D eigenvalue weighted by Crippen LogP contribution is 2.18. The Hall–Kier alpha value is -4.79. The predicted octanol–water partition coefficient (Wildman–Crippen LogP) is 0.610. The van der Waals surface area contributed by atoms with Gasteiger partial charge in [-0.1, -0.05) is 18.6 Å². The van der Waals surface area contributed by atoms with Gasteiger partial charge in [0.05, 0.1) is 12.0 Å². The number of rotatable bonds is 18. The van der Waals surface area contributed by atoms with E-state index in [-0.39, 0.29) is 56.7 Å². The second-order valence-electron chi connectivity index (χ2n) is 11.8. The van der Waals surface area contributed by atoms with Crippen LogP contribution in [0.5, 0.6) is 0 Å². The highest BCUT2D eigenvalue weighted by atomic mass is 16.5. The van der Waals surface area contributed by atoms with Gasteiger partial charge >= 0.3 is 12.0 Å². The number of ether oxygens (including phenoxy) is 1. The number of anilines is 1. The van der Waals surface area contributed by atoms with Crippen molar-refractivity contribution < 1.29 is 43.4 Å². The zero-order valence-electron chi connectivity index (χ0n) is 26.4. The number of imide groups is 1. The Balaban J connectivity index is 1.91. The number of aliphatic hydroxyl groups is 1. The number of primary amides is 1. The molecule has 2 rings (SSSR count). The smallest absolute Gasteiger partial charge is 0.312 e. The fourth-order valence-electron chi connectivity index (χ4n) is 4.18. The summed E-state index contributed by atoms with van der Waals surface area (Å²) in [6, 6.07) is 3.42. The summed E-state index contributed by atoms with van der Waals surface area (Å²) in [7, 11) is 0. The number of carbonyl (C=O) groups excluding carboxylic acids is 7. The molecule has 0 saturated carbocycles. The normalized spacial score (nSPS) is 14.0. The lowest BCUT2D eigenvalue weighted by Gasteiger charge is -2.22. The zero-order valence-corrected chi connectivity index (χ0v) is 26.4. The van der Waals surface area contributed by atoms with Gasteiger partial charge in [-0.25, -0.2) is 4.79 Å². The van der Waals surface area contributed by atoms with Gasteiger partial charge in [-0.05, 0) is 64.2 Å². The van der Waals surface area contributed by atoms with Crippen molar-refractivity contribution in [2.24, 2.45) is 11.1 Å². The van der Waals surface area contributed by atoms with E-state index in [4.69, 9.17) is 10.5 Å². The maximum absolute atomic E-state index is 13.2. The molecular formula is C31H44N6O9. The third kappa shape index (κ3) is 13.1. The number of carbonyl (C=O) groups is 7. The number of nitrogens with two attached hydrogens (primary N) is 1. The SMILES string of the molecule is CC(C)(C)C(=O)OCc1ccc(NC(=O)[C@H](CCCNC(N)=O)NC(=O)[C@H](CO)NC(=O)CCCCCN2C(=O)C=CC2=O)cc1. The molecule has 0 bridgehead atoms. The van der Waals surface area contributed by atoms with Crippen molar-refractivity contribution in [3.05, 3.63) is 42.0 Å². The number of esters is 1. The molecule has 0 fully saturated rings. The van der Waals surface area contributed by atoms with Crippen LogP contribution in [0.25, 0.3) is 0 Å². The Bertz CT molecular complexity index is 1270. The minimum absolute atomic E-state index is 0.0397. The van der Waals surface area contributed by atoms with Gasteiger partial charge in [-0.2, -0.15) is 0 Å². The maximum atomic E-state index is 13.2. The molecule has 0 spiro atoms. The Morgan fingerprint density at radius 2 is 1.54 bits per heavy atom. The number of amides is 7. The largest absolute Gasteiger partial charge is 0.460 e. The standard InChI is InChI=1S/C31H44N6O9/c1-31(2,3)29(44)46-19-20-10-12-21(13-11-20)34-27(42)22(8-7-16-33-30(32)45)36-28(43)23(18-38)35-24(39)9-5-4-6-17-37-25(40)14-15-26(37)41/h10-15,22-23,38H,4-9,16-19H2,1-3H3,(H,34,42)(H,35,39)(H,36,43)(H3,32,33,45)/t22-,23-/m0/s1. The summed E-state index contributed by atoms with van der Waals surface area (Å²) in [4.78, 5) is 85.9. The molecule has 1 heterocycles. The van der Waals surface area contributed by atoms with E-state index >= 15 is 0 Å². The first-order valence-electron chi connectivity index (χ1n) is 15.1. The number of hydrogen-bond donors (Lipinski definition) is 6. The summed E-state index contributed by atoms with van der Waals surface area (Å²) in [6.07, 6.45) is 4.30. The minimum Gasteiger partial charge on any atom is -0.460 e. The van der Waals surface area contributed by atoms with E-state index in [1.807, 2.05) is 0 Å². The van der Waals surface area contributed by atoms with Gasteiger partial charge in [-0.3, -0.25) is 33.7 Å². The zero-order chi connectivity index (χ0) is 34.3. The van der Waals surface area contributed by atoms with Gasteiger partial charge < -0.3 is 36.8 Å². The van der Waals surface area contributed by atoms with E-state index in [2.05, 4.69) is 21.3 Å². The number of nitrogens with zero attached hydrogens (tertiary/aromatic N) is 1. The summed E-state index contributed by atoms with van der Waals surface area (Å²) < 4.78 is 5.30. The average molecular weight is 645 g/mol. The first kappa shape index (κ1) is 37.4. The molecule has 15 nitrogen and oxygen atoms in total. The summed E-state index contributed by atoms with van der Waals surface area (Å²) in [5.41, 5.74) is 5.56. The monoisotopic (exact) mass is 644 g/mol. The fraction of sp³-hybridized carbons (Fsp3) is 0.516. The Kier molecular flexibility index (Phi) is 14.8. The number of unbranched alkanes of at least 4 members (excludes halogenated alkanes) is 2. The van der Waals surface area contributed by atoms with Crippen molar-refractivity contribution in [1.29, 1.82) is 0 Å². The van der Waals surface area contributed by atoms with Crippen LogP contribution in [0, 0.1) is 5.41 Å². The predicted molar refractivity (Wildman–Crippen MR) is 166 cm³/mol. The molecule has 1 aliphatic rings. The molecule has 46 heavy (non-hydrogen) atoms. The molecule has 252 valence electrons. The third-order valence-corrected chi connectivity index (χ3v) is 6.83. The van der Waals surface area contributed by atoms with Gasteiger partial charge in [0, 0.05) is 37.3 Å². The van der Waals surface area contributed by atoms with Crippen molar-refractivity contribution >= 4 is 47.2 Å². The molecule has 2 atom stereocenters. The highest BCUT2D eigenvalue weighted by Gasteiger charge is 2.27. The van der Waals surface area contributed by atoms with Crippen LogP contribution in [-0.4, -0.2) is 83.3 Å². The summed E-state index contributed by atoms with van der Waals surface area (Å²) in [6.45, 7) is 4.97. The molecule has 0 aromatic heterocycles. The van der Waals surface area contributed by atoms with E-state index < -0.39 is 47.9 Å². The molecule has 1 aromatic carbocycles. The fourth-order valence-corrected chi connectivity index (χ4v) is 4.18. The first-order chi connectivity index (χ1) is 21.7. The van der Waals surface area contributed by atoms with Gasteiger partial charge in [-0.15, -0.1) is 0 Å². The van der Waals surface area contributed by atoms with Crippen molar-refractivity contribution in [1.82, 2.24) is 20.9 Å². The lowest BCUT2D eigenvalue weighted by Crippen LogP contribution is -2.54. The molecule has 15 heteroatoms. The molecule has 0 unspecified atom stereocenters. The second-order valence-corrected chi connectivity index (χ2v) is 11.8. The molecule has 7 N–H and O–H groups in total. The van der Waals surface area contributed by atoms with Gasteiger partial charge in [0.25, 0.3) is 11.8 Å². The van der Waals surface area contributed by atoms with E-state index in [1.165, 1.54) is 12.2 Å².